The van der Waals surface area contributed by atoms with E-state index in [1.165, 1.54) is 6.26 Å². The van der Waals surface area contributed by atoms with Crippen LogP contribution >= 0.6 is 23.2 Å². The van der Waals surface area contributed by atoms with Crippen molar-refractivity contribution in [3.05, 3.63) is 57.5 Å². The van der Waals surface area contributed by atoms with Crippen LogP contribution in [0.5, 0.6) is 0 Å². The molecule has 0 unspecified atom stereocenters. The molecular formula is C13H10Cl2O2. The van der Waals surface area contributed by atoms with Crippen molar-refractivity contribution in [3.8, 4) is 0 Å². The van der Waals surface area contributed by atoms with Crippen molar-refractivity contribution < 1.29 is 9.21 Å². The number of hydrogen-bond donors (Lipinski definition) is 0. The van der Waals surface area contributed by atoms with E-state index in [0.29, 0.717) is 21.4 Å². The average molecular weight is 269 g/mol. The number of benzene rings is 1. The molecule has 0 radical (unpaired) electrons. The van der Waals surface area contributed by atoms with Gasteiger partial charge in [0.05, 0.1) is 21.9 Å². The lowest BCUT2D eigenvalue weighted by atomic mass is 10.0. The van der Waals surface area contributed by atoms with E-state index in [-0.39, 0.29) is 12.2 Å². The fraction of sp³-hybridized carbons (Fsp3) is 0.154. The van der Waals surface area contributed by atoms with Crippen LogP contribution < -0.4 is 0 Å². The van der Waals surface area contributed by atoms with Crippen LogP contribution in [0.3, 0.4) is 0 Å². The van der Waals surface area contributed by atoms with Gasteiger partial charge in [-0.05, 0) is 30.7 Å². The highest BCUT2D eigenvalue weighted by atomic mass is 35.5. The third-order valence-corrected chi connectivity index (χ3v) is 3.25. The second kappa shape index (κ2) is 4.94. The fourth-order valence-electron chi connectivity index (χ4n) is 1.60. The summed E-state index contributed by atoms with van der Waals surface area (Å²) in [7, 11) is 0. The number of aryl methyl sites for hydroxylation is 1. The first-order valence-electron chi connectivity index (χ1n) is 5.09. The number of halogens is 2. The minimum Gasteiger partial charge on any atom is -0.469 e. The molecule has 0 N–H and O–H groups in total. The summed E-state index contributed by atoms with van der Waals surface area (Å²) in [4.78, 5) is 12.0. The molecule has 0 saturated heterocycles. The zero-order valence-corrected chi connectivity index (χ0v) is 10.7. The van der Waals surface area contributed by atoms with Gasteiger partial charge in [-0.2, -0.15) is 0 Å². The molecule has 0 fully saturated rings. The molecule has 1 aromatic carbocycles. The van der Waals surface area contributed by atoms with E-state index in [0.717, 1.165) is 5.56 Å². The zero-order chi connectivity index (χ0) is 12.4. The number of furan rings is 1. The maximum absolute atomic E-state index is 12.0. The Morgan fingerprint density at radius 1 is 1.24 bits per heavy atom. The highest BCUT2D eigenvalue weighted by molar-refractivity contribution is 6.42. The van der Waals surface area contributed by atoms with E-state index >= 15 is 0 Å². The van der Waals surface area contributed by atoms with E-state index < -0.39 is 0 Å². The molecule has 2 rings (SSSR count). The Labute approximate surface area is 109 Å². The van der Waals surface area contributed by atoms with Crippen molar-refractivity contribution in [2.45, 2.75) is 13.3 Å². The molecule has 0 aliphatic carbocycles. The molecule has 0 bridgehead atoms. The molecule has 2 aromatic rings. The van der Waals surface area contributed by atoms with Gasteiger partial charge in [-0.1, -0.05) is 29.3 Å². The first kappa shape index (κ1) is 12.2. The Bertz CT molecular complexity index is 558. The summed E-state index contributed by atoms with van der Waals surface area (Å²) in [5.74, 6) is 0.643. The second-order valence-electron chi connectivity index (χ2n) is 3.74. The van der Waals surface area contributed by atoms with Gasteiger partial charge in [0, 0.05) is 6.42 Å². The molecule has 4 heteroatoms. The minimum absolute atomic E-state index is 0.00893. The summed E-state index contributed by atoms with van der Waals surface area (Å²) < 4.78 is 5.10. The summed E-state index contributed by atoms with van der Waals surface area (Å²) >= 11 is 11.7. The number of carbonyl (C=O) groups excluding carboxylic acids is 1. The van der Waals surface area contributed by atoms with Gasteiger partial charge in [-0.15, -0.1) is 0 Å². The van der Waals surface area contributed by atoms with E-state index in [4.69, 9.17) is 27.6 Å². The van der Waals surface area contributed by atoms with Crippen molar-refractivity contribution >= 4 is 29.0 Å². The van der Waals surface area contributed by atoms with E-state index in [2.05, 4.69) is 0 Å². The second-order valence-corrected chi connectivity index (χ2v) is 4.55. The largest absolute Gasteiger partial charge is 0.469 e. The van der Waals surface area contributed by atoms with Crippen molar-refractivity contribution in [2.24, 2.45) is 0 Å². The number of hydrogen-bond acceptors (Lipinski definition) is 2. The first-order chi connectivity index (χ1) is 8.08. The Kier molecular flexibility index (Phi) is 3.55. The summed E-state index contributed by atoms with van der Waals surface area (Å²) in [6, 6.07) is 6.86. The van der Waals surface area contributed by atoms with Crippen LogP contribution in [-0.4, -0.2) is 5.78 Å². The number of ketones is 1. The van der Waals surface area contributed by atoms with Crippen LogP contribution in [0.25, 0.3) is 0 Å². The quantitative estimate of drug-likeness (QED) is 0.777. The molecule has 0 saturated carbocycles. The highest BCUT2D eigenvalue weighted by Crippen LogP contribution is 2.23. The third-order valence-electron chi connectivity index (χ3n) is 2.51. The lowest BCUT2D eigenvalue weighted by molar-refractivity contribution is 0.0991. The Hall–Kier alpha value is -1.25. The normalized spacial score (nSPS) is 10.5. The van der Waals surface area contributed by atoms with E-state index in [9.17, 15) is 4.79 Å². The van der Waals surface area contributed by atoms with Crippen molar-refractivity contribution in [3.63, 3.8) is 0 Å². The van der Waals surface area contributed by atoms with Gasteiger partial charge in [0.15, 0.2) is 5.78 Å². The van der Waals surface area contributed by atoms with E-state index in [1.807, 2.05) is 0 Å². The van der Waals surface area contributed by atoms with Crippen LogP contribution in [0.1, 0.15) is 21.7 Å². The summed E-state index contributed by atoms with van der Waals surface area (Å²) in [6.45, 7) is 1.77. The van der Waals surface area contributed by atoms with Crippen LogP contribution in [-0.2, 0) is 6.42 Å². The molecule has 17 heavy (non-hydrogen) atoms. The van der Waals surface area contributed by atoms with Crippen LogP contribution in [0.15, 0.2) is 34.9 Å². The molecule has 0 aliphatic heterocycles. The van der Waals surface area contributed by atoms with Gasteiger partial charge < -0.3 is 4.42 Å². The first-order valence-corrected chi connectivity index (χ1v) is 5.84. The fourth-order valence-corrected chi connectivity index (χ4v) is 1.93. The zero-order valence-electron chi connectivity index (χ0n) is 9.17. The van der Waals surface area contributed by atoms with Gasteiger partial charge in [-0.3, -0.25) is 4.79 Å². The van der Waals surface area contributed by atoms with Gasteiger partial charge >= 0.3 is 0 Å². The maximum Gasteiger partial charge on any atom is 0.170 e. The molecule has 0 amide bonds. The topological polar surface area (TPSA) is 30.2 Å². The summed E-state index contributed by atoms with van der Waals surface area (Å²) in [6.07, 6.45) is 1.80. The van der Waals surface area contributed by atoms with Crippen LogP contribution in [0.4, 0.5) is 0 Å². The van der Waals surface area contributed by atoms with Crippen molar-refractivity contribution in [2.75, 3.05) is 0 Å². The third kappa shape index (κ3) is 2.71. The summed E-state index contributed by atoms with van der Waals surface area (Å²) in [5, 5.41) is 0.947. The predicted molar refractivity (Wildman–Crippen MR) is 67.9 cm³/mol. The molecule has 2 nitrogen and oxygen atoms in total. The Morgan fingerprint density at radius 2 is 2.00 bits per heavy atom. The smallest absolute Gasteiger partial charge is 0.170 e. The van der Waals surface area contributed by atoms with E-state index in [1.54, 1.807) is 31.2 Å². The van der Waals surface area contributed by atoms with Gasteiger partial charge in [0.1, 0.15) is 5.76 Å². The molecular weight excluding hydrogens is 259 g/mol. The molecule has 0 atom stereocenters. The summed E-state index contributed by atoms with van der Waals surface area (Å²) in [5.41, 5.74) is 1.45. The predicted octanol–water partition coefficient (Wildman–Crippen LogP) is 4.32. The Morgan fingerprint density at radius 3 is 2.59 bits per heavy atom. The number of carbonyl (C=O) groups is 1. The minimum atomic E-state index is 0.00893. The number of rotatable bonds is 3. The van der Waals surface area contributed by atoms with Crippen molar-refractivity contribution in [1.29, 1.82) is 0 Å². The SMILES string of the molecule is Cc1occc1C(=O)Cc1ccc(Cl)c(Cl)c1. The maximum atomic E-state index is 12.0. The van der Waals surface area contributed by atoms with Gasteiger partial charge in [0.25, 0.3) is 0 Å². The molecule has 0 spiro atoms. The lowest BCUT2D eigenvalue weighted by Gasteiger charge is -2.02. The average Bonchev–Trinajstić information content (AvgIpc) is 2.70. The standard InChI is InChI=1S/C13H10Cl2O2/c1-8-10(4-5-17-8)13(16)7-9-2-3-11(14)12(15)6-9/h2-6H,7H2,1H3. The monoisotopic (exact) mass is 268 g/mol. The van der Waals surface area contributed by atoms with Crippen LogP contribution in [0.2, 0.25) is 10.0 Å². The Balaban J connectivity index is 2.19. The van der Waals surface area contributed by atoms with Gasteiger partial charge in [0.2, 0.25) is 0 Å². The number of Topliss-reactive ketones (excluding diaryl/α,β-unsaturated/α-hetero) is 1. The van der Waals surface area contributed by atoms with Crippen molar-refractivity contribution in [1.82, 2.24) is 0 Å². The molecule has 88 valence electrons. The van der Waals surface area contributed by atoms with Gasteiger partial charge in [-0.25, -0.2) is 0 Å². The molecule has 1 aromatic heterocycles. The molecule has 1 heterocycles. The van der Waals surface area contributed by atoms with Crippen LogP contribution in [0, 0.1) is 6.92 Å². The lowest BCUT2D eigenvalue weighted by Crippen LogP contribution is -2.03. The highest BCUT2D eigenvalue weighted by Gasteiger charge is 2.12. The molecule has 0 aliphatic rings.